The summed E-state index contributed by atoms with van der Waals surface area (Å²) in [7, 11) is 0. The Morgan fingerprint density at radius 2 is 1.53 bits per heavy atom. The van der Waals surface area contributed by atoms with Gasteiger partial charge in [-0.1, -0.05) is 54.6 Å². The molecule has 4 rings (SSSR count). The Labute approximate surface area is 190 Å². The number of carbonyl (C=O) groups excluding carboxylic acids is 2. The lowest BCUT2D eigenvalue weighted by atomic mass is 10.1. The highest BCUT2D eigenvalue weighted by atomic mass is 32.2. The van der Waals surface area contributed by atoms with Crippen LogP contribution >= 0.6 is 11.8 Å². The predicted octanol–water partition coefficient (Wildman–Crippen LogP) is 5.83. The Morgan fingerprint density at radius 3 is 2.22 bits per heavy atom. The van der Waals surface area contributed by atoms with Crippen molar-refractivity contribution in [3.8, 4) is 5.75 Å². The zero-order valence-corrected chi connectivity index (χ0v) is 18.6. The van der Waals surface area contributed by atoms with Gasteiger partial charge in [0.05, 0.1) is 22.3 Å². The molecule has 0 spiro atoms. The molecule has 32 heavy (non-hydrogen) atoms. The van der Waals surface area contributed by atoms with Gasteiger partial charge >= 0.3 is 0 Å². The standard InChI is InChI=1S/C26H22FNO3S/c1-17(2)31-22-11-7-6-10-21(22)28-25(29)23(19-12-14-20(27)15-13-19)24(26(28)30)32-16-18-8-4-3-5-9-18/h3-15,17H,16H2,1-2H3. The monoisotopic (exact) mass is 447 g/mol. The number of ether oxygens (including phenoxy) is 1. The molecule has 3 aromatic carbocycles. The molecule has 0 unspecified atom stereocenters. The zero-order chi connectivity index (χ0) is 22.7. The van der Waals surface area contributed by atoms with E-state index in [1.54, 1.807) is 24.3 Å². The number of thioether (sulfide) groups is 1. The van der Waals surface area contributed by atoms with Crippen molar-refractivity contribution in [2.75, 3.05) is 4.90 Å². The van der Waals surface area contributed by atoms with Gasteiger partial charge in [-0.15, -0.1) is 11.8 Å². The van der Waals surface area contributed by atoms with E-state index in [0.717, 1.165) is 10.5 Å². The van der Waals surface area contributed by atoms with Gasteiger partial charge in [-0.05, 0) is 49.2 Å². The highest BCUT2D eigenvalue weighted by molar-refractivity contribution is 8.03. The van der Waals surface area contributed by atoms with Crippen LogP contribution in [-0.2, 0) is 15.3 Å². The van der Waals surface area contributed by atoms with Crippen molar-refractivity contribution in [3.05, 3.63) is 101 Å². The van der Waals surface area contributed by atoms with Crippen molar-refractivity contribution >= 4 is 34.8 Å². The summed E-state index contributed by atoms with van der Waals surface area (Å²) in [6.07, 6.45) is -0.125. The Balaban J connectivity index is 1.75. The van der Waals surface area contributed by atoms with Crippen LogP contribution in [0, 0.1) is 5.82 Å². The molecule has 0 aromatic heterocycles. The third-order valence-electron chi connectivity index (χ3n) is 4.87. The summed E-state index contributed by atoms with van der Waals surface area (Å²) < 4.78 is 19.4. The molecule has 162 valence electrons. The van der Waals surface area contributed by atoms with Crippen molar-refractivity contribution in [2.45, 2.75) is 25.7 Å². The second kappa shape index (κ2) is 9.40. The van der Waals surface area contributed by atoms with Crippen LogP contribution in [0.25, 0.3) is 5.57 Å². The van der Waals surface area contributed by atoms with E-state index in [-0.39, 0.29) is 11.7 Å². The van der Waals surface area contributed by atoms with Crippen LogP contribution in [0.3, 0.4) is 0 Å². The number of imide groups is 1. The average Bonchev–Trinajstić information content (AvgIpc) is 3.03. The van der Waals surface area contributed by atoms with Gasteiger partial charge in [0.2, 0.25) is 0 Å². The highest BCUT2D eigenvalue weighted by Crippen LogP contribution is 2.42. The van der Waals surface area contributed by atoms with E-state index in [2.05, 4.69) is 0 Å². The first kappa shape index (κ1) is 21.8. The van der Waals surface area contributed by atoms with E-state index < -0.39 is 17.6 Å². The van der Waals surface area contributed by atoms with Crippen LogP contribution in [-0.4, -0.2) is 17.9 Å². The Kier molecular flexibility index (Phi) is 6.42. The number of hydrogen-bond acceptors (Lipinski definition) is 4. The predicted molar refractivity (Wildman–Crippen MR) is 126 cm³/mol. The maximum Gasteiger partial charge on any atom is 0.272 e. The van der Waals surface area contributed by atoms with E-state index in [0.29, 0.717) is 27.7 Å². The van der Waals surface area contributed by atoms with Crippen LogP contribution in [0.1, 0.15) is 25.0 Å². The van der Waals surface area contributed by atoms with Gasteiger partial charge in [-0.25, -0.2) is 9.29 Å². The van der Waals surface area contributed by atoms with E-state index in [9.17, 15) is 14.0 Å². The summed E-state index contributed by atoms with van der Waals surface area (Å²) >= 11 is 1.31. The lowest BCUT2D eigenvalue weighted by Crippen LogP contribution is -2.32. The number of hydrogen-bond donors (Lipinski definition) is 0. The molecule has 0 fully saturated rings. The van der Waals surface area contributed by atoms with Gasteiger partial charge in [0.25, 0.3) is 11.8 Å². The summed E-state index contributed by atoms with van der Waals surface area (Å²) in [5.74, 6) is -0.279. The molecular formula is C26H22FNO3S. The molecule has 0 bridgehead atoms. The molecule has 4 nitrogen and oxygen atoms in total. The normalized spacial score (nSPS) is 13.9. The number of amides is 2. The Hall–Kier alpha value is -3.38. The third-order valence-corrected chi connectivity index (χ3v) is 6.01. The molecule has 3 aromatic rings. The highest BCUT2D eigenvalue weighted by Gasteiger charge is 2.41. The lowest BCUT2D eigenvalue weighted by molar-refractivity contribution is -0.119. The van der Waals surface area contributed by atoms with E-state index in [4.69, 9.17) is 4.74 Å². The molecule has 0 aliphatic carbocycles. The van der Waals surface area contributed by atoms with Crippen molar-refractivity contribution in [2.24, 2.45) is 0 Å². The molecule has 6 heteroatoms. The van der Waals surface area contributed by atoms with Gasteiger partial charge in [0, 0.05) is 5.75 Å². The first-order valence-electron chi connectivity index (χ1n) is 10.3. The van der Waals surface area contributed by atoms with E-state index >= 15 is 0 Å². The fourth-order valence-electron chi connectivity index (χ4n) is 3.46. The van der Waals surface area contributed by atoms with Gasteiger partial charge in [-0.2, -0.15) is 0 Å². The van der Waals surface area contributed by atoms with Crippen molar-refractivity contribution in [3.63, 3.8) is 0 Å². The first-order valence-corrected chi connectivity index (χ1v) is 11.3. The smallest absolute Gasteiger partial charge is 0.272 e. The Bertz CT molecular complexity index is 1170. The van der Waals surface area contributed by atoms with Crippen LogP contribution < -0.4 is 9.64 Å². The number of rotatable bonds is 7. The lowest BCUT2D eigenvalue weighted by Gasteiger charge is -2.20. The van der Waals surface area contributed by atoms with Crippen LogP contribution in [0.2, 0.25) is 0 Å². The van der Waals surface area contributed by atoms with Crippen LogP contribution in [0.5, 0.6) is 5.75 Å². The minimum atomic E-state index is -0.447. The average molecular weight is 448 g/mol. The summed E-state index contributed by atoms with van der Waals surface area (Å²) in [4.78, 5) is 28.6. The number of nitrogens with zero attached hydrogens (tertiary/aromatic N) is 1. The first-order chi connectivity index (χ1) is 15.5. The molecule has 0 saturated carbocycles. The van der Waals surface area contributed by atoms with Crippen LogP contribution in [0.15, 0.2) is 83.8 Å². The Morgan fingerprint density at radius 1 is 0.875 bits per heavy atom. The van der Waals surface area contributed by atoms with Crippen LogP contribution in [0.4, 0.5) is 10.1 Å². The number of benzene rings is 3. The fourth-order valence-corrected chi connectivity index (χ4v) is 4.53. The van der Waals surface area contributed by atoms with Gasteiger partial charge in [0.1, 0.15) is 11.6 Å². The molecule has 1 aliphatic heterocycles. The number of carbonyl (C=O) groups is 2. The molecule has 1 heterocycles. The van der Waals surface area contributed by atoms with Crippen molar-refractivity contribution in [1.29, 1.82) is 0 Å². The minimum Gasteiger partial charge on any atom is -0.489 e. The van der Waals surface area contributed by atoms with Crippen molar-refractivity contribution < 1.29 is 18.7 Å². The second-order valence-electron chi connectivity index (χ2n) is 7.57. The third kappa shape index (κ3) is 4.46. The van der Waals surface area contributed by atoms with E-state index in [1.807, 2.05) is 44.2 Å². The summed E-state index contributed by atoms with van der Waals surface area (Å²) in [5, 5.41) is 0. The molecule has 1 aliphatic rings. The topological polar surface area (TPSA) is 46.6 Å². The molecule has 2 amide bonds. The molecular weight excluding hydrogens is 425 g/mol. The number of halogens is 1. The second-order valence-corrected chi connectivity index (χ2v) is 8.55. The van der Waals surface area contributed by atoms with Crippen molar-refractivity contribution in [1.82, 2.24) is 0 Å². The number of para-hydroxylation sites is 2. The zero-order valence-electron chi connectivity index (χ0n) is 17.7. The maximum absolute atomic E-state index is 13.5. The summed E-state index contributed by atoms with van der Waals surface area (Å²) in [5.41, 5.74) is 2.21. The SMILES string of the molecule is CC(C)Oc1ccccc1N1C(=O)C(SCc2ccccc2)=C(c2ccc(F)cc2)C1=O. The quantitative estimate of drug-likeness (QED) is 0.428. The molecule has 0 atom stereocenters. The summed E-state index contributed by atoms with van der Waals surface area (Å²) in [6.45, 7) is 3.77. The maximum atomic E-state index is 13.5. The minimum absolute atomic E-state index is 0.125. The number of anilines is 1. The van der Waals surface area contributed by atoms with Gasteiger partial charge < -0.3 is 4.74 Å². The molecule has 0 N–H and O–H groups in total. The summed E-state index contributed by atoms with van der Waals surface area (Å²) in [6, 6.07) is 22.3. The molecule has 0 radical (unpaired) electrons. The molecule has 0 saturated heterocycles. The fraction of sp³-hybridized carbons (Fsp3) is 0.154. The van der Waals surface area contributed by atoms with Gasteiger partial charge in [0.15, 0.2) is 0 Å². The van der Waals surface area contributed by atoms with E-state index in [1.165, 1.54) is 36.0 Å². The largest absolute Gasteiger partial charge is 0.489 e. The van der Waals surface area contributed by atoms with Gasteiger partial charge in [-0.3, -0.25) is 9.59 Å².